The van der Waals surface area contributed by atoms with Gasteiger partial charge in [0.1, 0.15) is 5.75 Å². The third-order valence-corrected chi connectivity index (χ3v) is 9.46. The van der Waals surface area contributed by atoms with E-state index < -0.39 is 38.1 Å². The molecular formula is C27H43N5O8S2. The van der Waals surface area contributed by atoms with Gasteiger partial charge in [0.25, 0.3) is 15.9 Å². The van der Waals surface area contributed by atoms with E-state index >= 15 is 0 Å². The highest BCUT2D eigenvalue weighted by molar-refractivity contribution is 7.92. The second-order valence-electron chi connectivity index (χ2n) is 11.0. The number of nitrogens with zero attached hydrogens (tertiary/aromatic N) is 4. The number of likely N-dealkylation sites (N-methyl/N-ethyl adjacent to an activating group) is 1. The lowest BCUT2D eigenvalue weighted by atomic mass is 10.0. The molecule has 236 valence electrons. The number of hydrogen-bond donors (Lipinski definition) is 2. The summed E-state index contributed by atoms with van der Waals surface area (Å²) in [5.41, 5.74) is 0.349. The van der Waals surface area contributed by atoms with Crippen LogP contribution in [-0.4, -0.2) is 104 Å². The van der Waals surface area contributed by atoms with E-state index in [1.807, 2.05) is 13.8 Å². The Balaban J connectivity index is 1.98. The van der Waals surface area contributed by atoms with Gasteiger partial charge in [-0.05, 0) is 51.3 Å². The minimum atomic E-state index is -3.89. The number of anilines is 1. The fraction of sp³-hybridized carbons (Fsp3) is 0.630. The topological polar surface area (TPSA) is 160 Å². The molecule has 0 saturated heterocycles. The lowest BCUT2D eigenvalue weighted by Crippen LogP contribution is -2.48. The molecule has 1 aromatic carbocycles. The van der Waals surface area contributed by atoms with E-state index in [9.17, 15) is 26.7 Å². The lowest BCUT2D eigenvalue weighted by molar-refractivity contribution is -0.00835. The highest BCUT2D eigenvalue weighted by Gasteiger charge is 2.33. The summed E-state index contributed by atoms with van der Waals surface area (Å²) in [6, 6.07) is 3.92. The van der Waals surface area contributed by atoms with Crippen LogP contribution in [0.2, 0.25) is 0 Å². The van der Waals surface area contributed by atoms with Gasteiger partial charge in [-0.3, -0.25) is 9.52 Å². The number of sulfonamides is 2. The first-order chi connectivity index (χ1) is 19.6. The number of hydrogen-bond acceptors (Lipinski definition) is 9. The number of nitrogens with one attached hydrogen (secondary N) is 1. The summed E-state index contributed by atoms with van der Waals surface area (Å²) in [5, 5.41) is 9.99. The van der Waals surface area contributed by atoms with Crippen LogP contribution in [0.1, 0.15) is 50.4 Å². The van der Waals surface area contributed by atoms with Crippen LogP contribution in [0.5, 0.6) is 5.75 Å². The van der Waals surface area contributed by atoms with Gasteiger partial charge in [-0.1, -0.05) is 6.92 Å². The Hall–Kier alpha value is -2.72. The number of ether oxygens (including phenoxy) is 2. The number of benzene rings is 1. The van der Waals surface area contributed by atoms with E-state index in [0.29, 0.717) is 25.2 Å². The zero-order chi connectivity index (χ0) is 31.2. The number of carbonyl (C=O) groups is 1. The first-order valence-corrected chi connectivity index (χ1v) is 17.2. The molecule has 0 unspecified atom stereocenters. The van der Waals surface area contributed by atoms with Crippen LogP contribution < -0.4 is 9.46 Å². The Morgan fingerprint density at radius 3 is 2.55 bits per heavy atom. The van der Waals surface area contributed by atoms with Gasteiger partial charge in [0, 0.05) is 51.6 Å². The molecule has 3 rings (SSSR count). The highest BCUT2D eigenvalue weighted by atomic mass is 32.2. The molecule has 0 bridgehead atoms. The Kier molecular flexibility index (Phi) is 11.4. The first-order valence-electron chi connectivity index (χ1n) is 13.9. The number of fused-ring (bicyclic) bond motifs is 1. The Bertz CT molecular complexity index is 1430. The lowest BCUT2D eigenvalue weighted by Gasteiger charge is -2.35. The molecular weight excluding hydrogens is 586 g/mol. The van der Waals surface area contributed by atoms with Gasteiger partial charge in [0.05, 0.1) is 43.0 Å². The SMILES string of the molecule is C[C@@H]1CCCCO[C@@H](CN(C)S(=O)(=O)c2cn(C)cn2)[C@H](C)CN([C@@H](C)CO)C(=O)c2cc(NS(C)(=O)=O)ccc2O1. The first kappa shape index (κ1) is 33.8. The van der Waals surface area contributed by atoms with E-state index in [-0.39, 0.29) is 48.0 Å². The van der Waals surface area contributed by atoms with Crippen LogP contribution in [-0.2, 0) is 31.8 Å². The number of aromatic nitrogens is 2. The predicted octanol–water partition coefficient (Wildman–Crippen LogP) is 1.91. The summed E-state index contributed by atoms with van der Waals surface area (Å²) in [6.07, 6.45) is 5.20. The number of rotatable bonds is 8. The maximum atomic E-state index is 14.1. The van der Waals surface area contributed by atoms with Crippen molar-refractivity contribution >= 4 is 31.6 Å². The molecule has 1 amide bonds. The van der Waals surface area contributed by atoms with Crippen molar-refractivity contribution in [3.8, 4) is 5.75 Å². The van der Waals surface area contributed by atoms with Crippen molar-refractivity contribution in [2.24, 2.45) is 13.0 Å². The zero-order valence-corrected chi connectivity index (χ0v) is 26.7. The second-order valence-corrected chi connectivity index (χ2v) is 14.8. The van der Waals surface area contributed by atoms with E-state index in [0.717, 1.165) is 12.7 Å². The van der Waals surface area contributed by atoms with Crippen LogP contribution in [0.3, 0.4) is 0 Å². The number of aliphatic hydroxyl groups is 1. The molecule has 2 heterocycles. The Morgan fingerprint density at radius 1 is 1.21 bits per heavy atom. The fourth-order valence-electron chi connectivity index (χ4n) is 4.70. The average Bonchev–Trinajstić information content (AvgIpc) is 3.36. The monoisotopic (exact) mass is 629 g/mol. The molecule has 0 saturated carbocycles. The van der Waals surface area contributed by atoms with Crippen LogP contribution in [0.25, 0.3) is 0 Å². The molecule has 1 aromatic heterocycles. The smallest absolute Gasteiger partial charge is 0.261 e. The third kappa shape index (κ3) is 8.89. The molecule has 4 atom stereocenters. The number of aryl methyl sites for hydroxylation is 1. The van der Waals surface area contributed by atoms with Crippen molar-refractivity contribution in [2.75, 3.05) is 44.3 Å². The standard InChI is InChI=1S/C27H43N5O8S2/c1-19-14-32(20(2)17-33)27(34)23-13-22(29-41(6,35)36)10-11-24(23)40-21(3)9-7-8-12-39-25(19)15-31(5)42(37,38)26-16-30(4)18-28-26/h10-11,13,16,18-21,25,29,33H,7-9,12,14-15,17H2,1-6H3/t19-,20+,21-,25+/m1/s1. The fourth-order valence-corrected chi connectivity index (χ4v) is 6.39. The Labute approximate surface area is 248 Å². The largest absolute Gasteiger partial charge is 0.490 e. The molecule has 1 aliphatic rings. The van der Waals surface area contributed by atoms with E-state index in [1.165, 1.54) is 40.9 Å². The van der Waals surface area contributed by atoms with Crippen molar-refractivity contribution in [1.82, 2.24) is 18.8 Å². The molecule has 0 radical (unpaired) electrons. The van der Waals surface area contributed by atoms with Crippen molar-refractivity contribution < 1.29 is 36.2 Å². The van der Waals surface area contributed by atoms with Gasteiger partial charge in [0.15, 0.2) is 5.03 Å². The van der Waals surface area contributed by atoms with Crippen molar-refractivity contribution in [3.05, 3.63) is 36.3 Å². The average molecular weight is 630 g/mol. The van der Waals surface area contributed by atoms with E-state index in [4.69, 9.17) is 9.47 Å². The predicted molar refractivity (Wildman–Crippen MR) is 158 cm³/mol. The quantitative estimate of drug-likeness (QED) is 0.445. The highest BCUT2D eigenvalue weighted by Crippen LogP contribution is 2.29. The molecule has 0 fully saturated rings. The molecule has 2 N–H and O–H groups in total. The second kappa shape index (κ2) is 14.2. The molecule has 42 heavy (non-hydrogen) atoms. The molecule has 13 nitrogen and oxygen atoms in total. The Morgan fingerprint density at radius 2 is 1.93 bits per heavy atom. The van der Waals surface area contributed by atoms with Crippen molar-refractivity contribution in [3.63, 3.8) is 0 Å². The number of imidazole rings is 1. The number of aliphatic hydroxyl groups excluding tert-OH is 1. The summed E-state index contributed by atoms with van der Waals surface area (Å²) in [6.45, 7) is 5.66. The molecule has 0 spiro atoms. The van der Waals surface area contributed by atoms with E-state index in [1.54, 1.807) is 24.6 Å². The maximum Gasteiger partial charge on any atom is 0.261 e. The summed E-state index contributed by atoms with van der Waals surface area (Å²) < 4.78 is 67.7. The summed E-state index contributed by atoms with van der Waals surface area (Å²) in [5.74, 6) is -0.513. The zero-order valence-electron chi connectivity index (χ0n) is 25.1. The number of amides is 1. The molecule has 0 aliphatic carbocycles. The van der Waals surface area contributed by atoms with Gasteiger partial charge in [-0.15, -0.1) is 0 Å². The van der Waals surface area contributed by atoms with Gasteiger partial charge < -0.3 is 24.0 Å². The minimum Gasteiger partial charge on any atom is -0.490 e. The summed E-state index contributed by atoms with van der Waals surface area (Å²) >= 11 is 0. The third-order valence-electron chi connectivity index (χ3n) is 7.15. The molecule has 15 heteroatoms. The summed E-state index contributed by atoms with van der Waals surface area (Å²) in [4.78, 5) is 19.5. The van der Waals surface area contributed by atoms with Gasteiger partial charge in [-0.25, -0.2) is 21.8 Å². The van der Waals surface area contributed by atoms with Crippen LogP contribution in [0, 0.1) is 5.92 Å². The van der Waals surface area contributed by atoms with Gasteiger partial charge >= 0.3 is 0 Å². The van der Waals surface area contributed by atoms with Gasteiger partial charge in [-0.2, -0.15) is 4.31 Å². The molecule has 2 aromatic rings. The van der Waals surface area contributed by atoms with E-state index in [2.05, 4.69) is 9.71 Å². The van der Waals surface area contributed by atoms with Crippen LogP contribution >= 0.6 is 0 Å². The normalized spacial score (nSPS) is 22.2. The van der Waals surface area contributed by atoms with Crippen LogP contribution in [0.15, 0.2) is 35.7 Å². The number of carbonyl (C=O) groups excluding carboxylic acids is 1. The van der Waals surface area contributed by atoms with Crippen molar-refractivity contribution in [1.29, 1.82) is 0 Å². The van der Waals surface area contributed by atoms with Crippen LogP contribution in [0.4, 0.5) is 5.69 Å². The maximum absolute atomic E-state index is 14.1. The minimum absolute atomic E-state index is 0.0220. The molecule has 1 aliphatic heterocycles. The van der Waals surface area contributed by atoms with Gasteiger partial charge in [0.2, 0.25) is 10.0 Å². The van der Waals surface area contributed by atoms with Crippen molar-refractivity contribution in [2.45, 2.75) is 63.3 Å². The summed E-state index contributed by atoms with van der Waals surface area (Å²) in [7, 11) is -4.34.